The fourth-order valence-corrected chi connectivity index (χ4v) is 3.66. The first-order chi connectivity index (χ1) is 12.5. The second-order valence-corrected chi connectivity index (χ2v) is 6.68. The third kappa shape index (κ3) is 2.40. The molecule has 0 saturated carbocycles. The van der Waals surface area contributed by atoms with E-state index < -0.39 is 18.2 Å². The van der Waals surface area contributed by atoms with Gasteiger partial charge in [0.25, 0.3) is 5.91 Å². The summed E-state index contributed by atoms with van der Waals surface area (Å²) < 4.78 is 0. The van der Waals surface area contributed by atoms with Crippen LogP contribution in [0.5, 0.6) is 0 Å². The lowest BCUT2D eigenvalue weighted by molar-refractivity contribution is -0.126. The molecule has 3 aliphatic rings. The Morgan fingerprint density at radius 3 is 2.62 bits per heavy atom. The molecule has 26 heavy (non-hydrogen) atoms. The standard InChI is InChI=1S/C18H22N6O2/c1-11-12(2)24-14-15(22(3)18(26)21-16(14)25)20-17(24)23(11)10-9-19-13-7-5-4-6-8-13/h4-8,14-15,19H,9-10H2,1-3H3,(H,21,25,26). The fourth-order valence-electron chi connectivity index (χ4n) is 3.66. The molecule has 8 nitrogen and oxygen atoms in total. The van der Waals surface area contributed by atoms with Crippen molar-refractivity contribution in [2.75, 3.05) is 25.5 Å². The highest BCUT2D eigenvalue weighted by molar-refractivity contribution is 6.05. The van der Waals surface area contributed by atoms with Gasteiger partial charge in [-0.15, -0.1) is 0 Å². The first-order valence-electron chi connectivity index (χ1n) is 8.67. The van der Waals surface area contributed by atoms with Crippen LogP contribution in [0.25, 0.3) is 0 Å². The molecule has 8 heteroatoms. The van der Waals surface area contributed by atoms with Crippen LogP contribution in [0.2, 0.25) is 0 Å². The molecule has 1 fully saturated rings. The molecule has 0 aromatic heterocycles. The second-order valence-electron chi connectivity index (χ2n) is 6.68. The molecule has 0 aliphatic carbocycles. The molecule has 136 valence electrons. The summed E-state index contributed by atoms with van der Waals surface area (Å²) in [4.78, 5) is 34.5. The Morgan fingerprint density at radius 2 is 1.88 bits per heavy atom. The first kappa shape index (κ1) is 16.4. The molecule has 3 aliphatic heterocycles. The van der Waals surface area contributed by atoms with Crippen molar-refractivity contribution in [3.63, 3.8) is 0 Å². The van der Waals surface area contributed by atoms with Crippen molar-refractivity contribution in [3.05, 3.63) is 41.7 Å². The number of fused-ring (bicyclic) bond motifs is 3. The van der Waals surface area contributed by atoms with E-state index in [0.29, 0.717) is 6.54 Å². The number of urea groups is 1. The number of allylic oxidation sites excluding steroid dienone is 2. The number of rotatable bonds is 4. The molecule has 1 aromatic carbocycles. The third-order valence-electron chi connectivity index (χ3n) is 5.21. The highest BCUT2D eigenvalue weighted by Gasteiger charge is 2.52. The zero-order valence-electron chi connectivity index (χ0n) is 15.1. The van der Waals surface area contributed by atoms with Crippen molar-refractivity contribution in [2.45, 2.75) is 26.1 Å². The van der Waals surface area contributed by atoms with E-state index in [1.165, 1.54) is 4.90 Å². The third-order valence-corrected chi connectivity index (χ3v) is 5.21. The largest absolute Gasteiger partial charge is 0.383 e. The number of aliphatic imine (C=N–C) groups is 1. The van der Waals surface area contributed by atoms with Gasteiger partial charge < -0.3 is 15.1 Å². The van der Waals surface area contributed by atoms with E-state index >= 15 is 0 Å². The second kappa shape index (κ2) is 6.05. The predicted molar refractivity (Wildman–Crippen MR) is 98.2 cm³/mol. The number of nitrogens with one attached hydrogen (secondary N) is 2. The average Bonchev–Trinajstić information content (AvgIpc) is 3.13. The lowest BCUT2D eigenvalue weighted by Crippen LogP contribution is -2.63. The normalized spacial score (nSPS) is 24.6. The van der Waals surface area contributed by atoms with E-state index in [1.807, 2.05) is 49.1 Å². The summed E-state index contributed by atoms with van der Waals surface area (Å²) in [5.74, 6) is 0.440. The number of carbonyl (C=O) groups is 2. The highest BCUT2D eigenvalue weighted by Crippen LogP contribution is 2.35. The van der Waals surface area contributed by atoms with Crippen LogP contribution in [-0.4, -0.2) is 64.9 Å². The Kier molecular flexibility index (Phi) is 3.82. The minimum atomic E-state index is -0.505. The maximum absolute atomic E-state index is 12.4. The predicted octanol–water partition coefficient (Wildman–Crippen LogP) is 1.21. The molecule has 0 bridgehead atoms. The number of nitrogens with zero attached hydrogens (tertiary/aromatic N) is 4. The van der Waals surface area contributed by atoms with Gasteiger partial charge in [0.2, 0.25) is 5.96 Å². The van der Waals surface area contributed by atoms with E-state index in [1.54, 1.807) is 7.05 Å². The van der Waals surface area contributed by atoms with Gasteiger partial charge in [-0.3, -0.25) is 15.0 Å². The number of anilines is 1. The molecule has 0 radical (unpaired) electrons. The van der Waals surface area contributed by atoms with Crippen molar-refractivity contribution in [1.82, 2.24) is 20.0 Å². The van der Waals surface area contributed by atoms with Crippen molar-refractivity contribution in [3.8, 4) is 0 Å². The summed E-state index contributed by atoms with van der Waals surface area (Å²) in [6.45, 7) is 5.47. The number of hydrogen-bond acceptors (Lipinski definition) is 6. The van der Waals surface area contributed by atoms with Gasteiger partial charge in [-0.25, -0.2) is 9.79 Å². The van der Waals surface area contributed by atoms with Gasteiger partial charge >= 0.3 is 6.03 Å². The van der Waals surface area contributed by atoms with Gasteiger partial charge in [0.05, 0.1) is 0 Å². The molecule has 2 N–H and O–H groups in total. The number of carbonyl (C=O) groups excluding carboxylic acids is 2. The Balaban J connectivity index is 1.53. The van der Waals surface area contributed by atoms with Crippen LogP contribution in [0, 0.1) is 0 Å². The van der Waals surface area contributed by atoms with Crippen LogP contribution in [-0.2, 0) is 4.79 Å². The summed E-state index contributed by atoms with van der Waals surface area (Å²) in [6.07, 6.45) is -0.487. The van der Waals surface area contributed by atoms with Crippen molar-refractivity contribution in [2.24, 2.45) is 4.99 Å². The minimum Gasteiger partial charge on any atom is -0.383 e. The van der Waals surface area contributed by atoms with E-state index in [0.717, 1.165) is 29.6 Å². The summed E-state index contributed by atoms with van der Waals surface area (Å²) in [5, 5.41) is 5.80. The van der Waals surface area contributed by atoms with Crippen LogP contribution >= 0.6 is 0 Å². The Morgan fingerprint density at radius 1 is 1.15 bits per heavy atom. The lowest BCUT2D eigenvalue weighted by atomic mass is 10.1. The molecule has 3 amide bonds. The van der Waals surface area contributed by atoms with Crippen LogP contribution in [0.4, 0.5) is 10.5 Å². The van der Waals surface area contributed by atoms with Crippen LogP contribution < -0.4 is 10.6 Å². The number of para-hydroxylation sites is 1. The van der Waals surface area contributed by atoms with E-state index in [9.17, 15) is 9.59 Å². The van der Waals surface area contributed by atoms with E-state index in [4.69, 9.17) is 4.99 Å². The van der Waals surface area contributed by atoms with Crippen LogP contribution in [0.3, 0.4) is 0 Å². The molecule has 2 atom stereocenters. The number of imide groups is 1. The zero-order valence-corrected chi connectivity index (χ0v) is 15.1. The summed E-state index contributed by atoms with van der Waals surface area (Å²) in [7, 11) is 1.67. The molecule has 1 aromatic rings. The molecule has 4 rings (SSSR count). The molecular weight excluding hydrogens is 332 g/mol. The fraction of sp³-hybridized carbons (Fsp3) is 0.389. The Labute approximate surface area is 152 Å². The van der Waals surface area contributed by atoms with Gasteiger partial charge in [-0.05, 0) is 26.0 Å². The number of likely N-dealkylation sites (N-methyl/N-ethyl adjacent to an activating group) is 1. The van der Waals surface area contributed by atoms with E-state index in [2.05, 4.69) is 15.5 Å². The molecular formula is C18H22N6O2. The van der Waals surface area contributed by atoms with Crippen molar-refractivity contribution < 1.29 is 9.59 Å². The van der Waals surface area contributed by atoms with Gasteiger partial charge in [0, 0.05) is 37.2 Å². The quantitative estimate of drug-likeness (QED) is 0.850. The van der Waals surface area contributed by atoms with Gasteiger partial charge in [-0.2, -0.15) is 0 Å². The van der Waals surface area contributed by atoms with Crippen molar-refractivity contribution >= 4 is 23.6 Å². The maximum atomic E-state index is 12.4. The highest BCUT2D eigenvalue weighted by atomic mass is 16.2. The summed E-state index contributed by atoms with van der Waals surface area (Å²) in [6, 6.07) is 9.11. The van der Waals surface area contributed by atoms with E-state index in [-0.39, 0.29) is 5.91 Å². The Bertz CT molecular complexity index is 818. The smallest absolute Gasteiger partial charge is 0.325 e. The number of amides is 3. The number of guanidine groups is 1. The van der Waals surface area contributed by atoms with Gasteiger partial charge in [-0.1, -0.05) is 18.2 Å². The topological polar surface area (TPSA) is 80.3 Å². The van der Waals surface area contributed by atoms with Crippen LogP contribution in [0.15, 0.2) is 46.7 Å². The summed E-state index contributed by atoms with van der Waals surface area (Å²) in [5.41, 5.74) is 3.13. The van der Waals surface area contributed by atoms with Crippen LogP contribution in [0.1, 0.15) is 13.8 Å². The zero-order chi connectivity index (χ0) is 18.4. The SMILES string of the molecule is CC1=C(C)N2C(=NC3C2C(=O)NC(=O)N3C)N1CCNc1ccccc1. The number of hydrogen-bond donors (Lipinski definition) is 2. The monoisotopic (exact) mass is 354 g/mol. The van der Waals surface area contributed by atoms with Gasteiger partial charge in [0.1, 0.15) is 0 Å². The lowest BCUT2D eigenvalue weighted by Gasteiger charge is -2.35. The molecule has 3 heterocycles. The Hall–Kier alpha value is -3.03. The van der Waals surface area contributed by atoms with Gasteiger partial charge in [0.15, 0.2) is 12.2 Å². The molecule has 2 unspecified atom stereocenters. The molecule has 1 saturated heterocycles. The summed E-state index contributed by atoms with van der Waals surface area (Å²) >= 11 is 0. The maximum Gasteiger partial charge on any atom is 0.325 e. The average molecular weight is 354 g/mol. The first-order valence-corrected chi connectivity index (χ1v) is 8.67. The van der Waals surface area contributed by atoms with Crippen molar-refractivity contribution in [1.29, 1.82) is 0 Å². The minimum absolute atomic E-state index is 0.298. The molecule has 0 spiro atoms. The number of benzene rings is 1.